The second kappa shape index (κ2) is 3.84. The van der Waals surface area contributed by atoms with Gasteiger partial charge in [0.25, 0.3) is 0 Å². The summed E-state index contributed by atoms with van der Waals surface area (Å²) in [5.41, 5.74) is 2.00. The van der Waals surface area contributed by atoms with Crippen molar-refractivity contribution in [2.45, 2.75) is 46.1 Å². The molecular formula is C14H25N3. The van der Waals surface area contributed by atoms with Gasteiger partial charge in [0, 0.05) is 18.8 Å². The van der Waals surface area contributed by atoms with Gasteiger partial charge in [-0.2, -0.15) is 5.10 Å². The van der Waals surface area contributed by atoms with Gasteiger partial charge < -0.3 is 5.32 Å². The summed E-state index contributed by atoms with van der Waals surface area (Å²) in [6.07, 6.45) is 4.17. The maximum atomic E-state index is 4.28. The fourth-order valence-corrected chi connectivity index (χ4v) is 2.80. The summed E-state index contributed by atoms with van der Waals surface area (Å²) in [4.78, 5) is 0. The van der Waals surface area contributed by atoms with Crippen molar-refractivity contribution in [2.24, 2.45) is 18.4 Å². The molecule has 1 N–H and O–H groups in total. The van der Waals surface area contributed by atoms with Gasteiger partial charge in [0.1, 0.15) is 0 Å². The summed E-state index contributed by atoms with van der Waals surface area (Å²) in [5.74, 6) is 1.39. The van der Waals surface area contributed by atoms with E-state index in [4.69, 9.17) is 0 Å². The minimum absolute atomic E-state index is 0.207. The van der Waals surface area contributed by atoms with Crippen LogP contribution in [0.25, 0.3) is 0 Å². The van der Waals surface area contributed by atoms with E-state index < -0.39 is 0 Å². The van der Waals surface area contributed by atoms with Crippen LogP contribution in [0.2, 0.25) is 0 Å². The van der Waals surface area contributed by atoms with E-state index in [-0.39, 0.29) is 5.54 Å². The van der Waals surface area contributed by atoms with Gasteiger partial charge in [-0.15, -0.1) is 0 Å². The molecule has 1 aromatic rings. The van der Waals surface area contributed by atoms with Gasteiger partial charge >= 0.3 is 0 Å². The lowest BCUT2D eigenvalue weighted by Crippen LogP contribution is -2.37. The van der Waals surface area contributed by atoms with Crippen molar-refractivity contribution in [3.05, 3.63) is 18.0 Å². The number of nitrogens with one attached hydrogen (secondary N) is 1. The molecule has 0 amide bonds. The molecule has 0 aliphatic heterocycles. The number of aryl methyl sites for hydroxylation is 1. The third-order valence-corrected chi connectivity index (χ3v) is 3.99. The van der Waals surface area contributed by atoms with Gasteiger partial charge in [-0.3, -0.25) is 4.68 Å². The molecule has 0 aromatic carbocycles. The standard InChI is InChI=1S/C14H25N3/c1-13(2,3)15-8-11-12(14(11,4)5)10-7-16-17(6)9-10/h7,9,11-12,15H,8H2,1-6H3. The Hall–Kier alpha value is -0.830. The van der Waals surface area contributed by atoms with E-state index in [0.717, 1.165) is 12.5 Å². The molecule has 1 aliphatic rings. The Kier molecular flexibility index (Phi) is 2.85. The zero-order valence-electron chi connectivity index (χ0n) is 11.9. The molecule has 0 radical (unpaired) electrons. The normalized spacial score (nSPS) is 27.2. The Morgan fingerprint density at radius 2 is 2.06 bits per heavy atom. The highest BCUT2D eigenvalue weighted by molar-refractivity contribution is 5.28. The van der Waals surface area contributed by atoms with Crippen LogP contribution in [0.15, 0.2) is 12.4 Å². The molecule has 2 atom stereocenters. The Balaban J connectivity index is 2.01. The van der Waals surface area contributed by atoms with Crippen molar-refractivity contribution in [2.75, 3.05) is 6.54 Å². The summed E-state index contributed by atoms with van der Waals surface area (Å²) in [7, 11) is 1.99. The van der Waals surface area contributed by atoms with Gasteiger partial charge in [0.05, 0.1) is 6.20 Å². The van der Waals surface area contributed by atoms with E-state index in [2.05, 4.69) is 51.2 Å². The summed E-state index contributed by atoms with van der Waals surface area (Å²) in [6.45, 7) is 12.5. The highest BCUT2D eigenvalue weighted by Gasteiger charge is 2.58. The zero-order valence-corrected chi connectivity index (χ0v) is 11.9. The lowest BCUT2D eigenvalue weighted by atomic mass is 10.1. The van der Waals surface area contributed by atoms with Gasteiger partial charge in [-0.05, 0) is 50.1 Å². The van der Waals surface area contributed by atoms with Crippen molar-refractivity contribution < 1.29 is 0 Å². The average molecular weight is 235 g/mol. The van der Waals surface area contributed by atoms with Crippen LogP contribution in [0, 0.1) is 11.3 Å². The number of rotatable bonds is 3. The lowest BCUT2D eigenvalue weighted by Gasteiger charge is -2.21. The number of hydrogen-bond acceptors (Lipinski definition) is 2. The summed E-state index contributed by atoms with van der Waals surface area (Å²) in [6, 6.07) is 0. The van der Waals surface area contributed by atoms with E-state index in [0.29, 0.717) is 11.3 Å². The minimum atomic E-state index is 0.207. The molecule has 0 saturated heterocycles. The summed E-state index contributed by atoms with van der Waals surface area (Å²) >= 11 is 0. The Labute approximate surface area is 105 Å². The molecule has 3 heteroatoms. The third-order valence-electron chi connectivity index (χ3n) is 3.99. The molecule has 1 aromatic heterocycles. The van der Waals surface area contributed by atoms with Gasteiger partial charge in [0.15, 0.2) is 0 Å². The van der Waals surface area contributed by atoms with Crippen LogP contribution >= 0.6 is 0 Å². The first-order valence-corrected chi connectivity index (χ1v) is 6.45. The Morgan fingerprint density at radius 1 is 1.41 bits per heavy atom. The smallest absolute Gasteiger partial charge is 0.0524 e. The van der Waals surface area contributed by atoms with Crippen molar-refractivity contribution in [1.82, 2.24) is 15.1 Å². The van der Waals surface area contributed by atoms with Crippen LogP contribution in [0.3, 0.4) is 0 Å². The Bertz CT molecular complexity index is 398. The lowest BCUT2D eigenvalue weighted by molar-refractivity contribution is 0.396. The van der Waals surface area contributed by atoms with Gasteiger partial charge in [0.2, 0.25) is 0 Å². The molecule has 96 valence electrons. The van der Waals surface area contributed by atoms with Gasteiger partial charge in [-0.25, -0.2) is 0 Å². The number of hydrogen-bond donors (Lipinski definition) is 1. The molecule has 2 unspecified atom stereocenters. The average Bonchev–Trinajstić information content (AvgIpc) is 2.52. The fourth-order valence-electron chi connectivity index (χ4n) is 2.80. The van der Waals surface area contributed by atoms with Crippen LogP contribution in [0.4, 0.5) is 0 Å². The molecule has 1 fully saturated rings. The largest absolute Gasteiger partial charge is 0.312 e. The highest BCUT2D eigenvalue weighted by Crippen LogP contribution is 2.64. The second-order valence-corrected chi connectivity index (χ2v) is 6.98. The molecule has 1 aliphatic carbocycles. The van der Waals surface area contributed by atoms with Crippen LogP contribution in [0.5, 0.6) is 0 Å². The molecule has 1 heterocycles. The van der Waals surface area contributed by atoms with E-state index >= 15 is 0 Å². The molecule has 2 rings (SSSR count). The number of aromatic nitrogens is 2. The van der Waals surface area contributed by atoms with Crippen molar-refractivity contribution in [1.29, 1.82) is 0 Å². The molecular weight excluding hydrogens is 210 g/mol. The van der Waals surface area contributed by atoms with E-state index in [1.165, 1.54) is 5.56 Å². The van der Waals surface area contributed by atoms with E-state index in [1.54, 1.807) is 0 Å². The SMILES string of the molecule is Cn1cc(C2C(CNC(C)(C)C)C2(C)C)cn1. The first kappa shape index (κ1) is 12.6. The van der Waals surface area contributed by atoms with Crippen molar-refractivity contribution in [3.8, 4) is 0 Å². The maximum absolute atomic E-state index is 4.28. The topological polar surface area (TPSA) is 29.9 Å². The third kappa shape index (κ3) is 2.54. The summed E-state index contributed by atoms with van der Waals surface area (Å²) < 4.78 is 1.90. The van der Waals surface area contributed by atoms with Crippen LogP contribution in [-0.2, 0) is 7.05 Å². The first-order chi connectivity index (χ1) is 7.72. The zero-order chi connectivity index (χ0) is 12.8. The van der Waals surface area contributed by atoms with Gasteiger partial charge in [-0.1, -0.05) is 13.8 Å². The number of nitrogens with zero attached hydrogens (tertiary/aromatic N) is 2. The van der Waals surface area contributed by atoms with Crippen LogP contribution in [-0.4, -0.2) is 21.9 Å². The Morgan fingerprint density at radius 3 is 2.53 bits per heavy atom. The minimum Gasteiger partial charge on any atom is -0.312 e. The molecule has 0 bridgehead atoms. The molecule has 17 heavy (non-hydrogen) atoms. The monoisotopic (exact) mass is 235 g/mol. The quantitative estimate of drug-likeness (QED) is 0.872. The predicted octanol–water partition coefficient (Wildman–Crippen LogP) is 2.55. The molecule has 1 saturated carbocycles. The van der Waals surface area contributed by atoms with Crippen molar-refractivity contribution in [3.63, 3.8) is 0 Å². The fraction of sp³-hybridized carbons (Fsp3) is 0.786. The molecule has 3 nitrogen and oxygen atoms in total. The highest BCUT2D eigenvalue weighted by atomic mass is 15.2. The summed E-state index contributed by atoms with van der Waals surface area (Å²) in [5, 5.41) is 7.90. The van der Waals surface area contributed by atoms with Crippen LogP contribution in [0.1, 0.15) is 46.1 Å². The second-order valence-electron chi connectivity index (χ2n) is 6.98. The first-order valence-electron chi connectivity index (χ1n) is 6.45. The maximum Gasteiger partial charge on any atom is 0.0524 e. The van der Waals surface area contributed by atoms with Crippen LogP contribution < -0.4 is 5.32 Å². The van der Waals surface area contributed by atoms with E-state index in [9.17, 15) is 0 Å². The molecule has 0 spiro atoms. The van der Waals surface area contributed by atoms with E-state index in [1.807, 2.05) is 17.9 Å². The predicted molar refractivity (Wildman–Crippen MR) is 71.0 cm³/mol. The van der Waals surface area contributed by atoms with Crippen molar-refractivity contribution >= 4 is 0 Å².